The van der Waals surface area contributed by atoms with E-state index >= 15 is 0 Å². The molecule has 4 atom stereocenters. The van der Waals surface area contributed by atoms with Crippen LogP contribution in [0.25, 0.3) is 11.0 Å². The number of anilines is 1. The first-order valence-electron chi connectivity index (χ1n) is 9.20. The number of aliphatic hydroxyl groups excluding tert-OH is 3. The van der Waals surface area contributed by atoms with E-state index < -0.39 is 31.1 Å². The number of aliphatic hydroxyl groups is 3. The fourth-order valence-electron chi connectivity index (χ4n) is 3.76. The maximum atomic E-state index is 10.4. The fraction of sp³-hybridized carbons (Fsp3) is 0.647. The van der Waals surface area contributed by atoms with Crippen molar-refractivity contribution in [2.45, 2.75) is 49.0 Å². The third-order valence-corrected chi connectivity index (χ3v) is 5.76. The largest absolute Gasteiger partial charge is 0.394 e. The molecule has 150 valence electrons. The summed E-state index contributed by atoms with van der Waals surface area (Å²) in [6.45, 7) is 1.23. The molecule has 11 heteroatoms. The molecule has 2 fully saturated rings. The van der Waals surface area contributed by atoms with Gasteiger partial charge in [0, 0.05) is 13.1 Å². The molecule has 2 aliphatic rings. The minimum atomic E-state index is -1.31. The summed E-state index contributed by atoms with van der Waals surface area (Å²) >= 11 is 1.37. The van der Waals surface area contributed by atoms with Gasteiger partial charge in [0.2, 0.25) is 0 Å². The van der Waals surface area contributed by atoms with Gasteiger partial charge < -0.3 is 25.0 Å². The molecule has 0 spiro atoms. The van der Waals surface area contributed by atoms with Crippen molar-refractivity contribution in [2.24, 2.45) is 0 Å². The predicted octanol–water partition coefficient (Wildman–Crippen LogP) is 0.0217. The molecule has 0 unspecified atom stereocenters. The molecule has 2 saturated heterocycles. The molecule has 3 N–H and O–H groups in total. The van der Waals surface area contributed by atoms with Gasteiger partial charge in [0.1, 0.15) is 35.6 Å². The van der Waals surface area contributed by atoms with Crippen LogP contribution in [0.1, 0.15) is 31.2 Å². The van der Waals surface area contributed by atoms with E-state index in [0.717, 1.165) is 32.4 Å². The Balaban J connectivity index is 1.88. The van der Waals surface area contributed by atoms with Crippen LogP contribution in [-0.2, 0) is 4.74 Å². The normalized spacial score (nSPS) is 28.0. The van der Waals surface area contributed by atoms with Gasteiger partial charge >= 0.3 is 0 Å². The second-order valence-electron chi connectivity index (χ2n) is 6.91. The molecule has 2 aromatic rings. The number of ether oxygens (including phenoxy) is 1. The zero-order valence-corrected chi connectivity index (χ0v) is 16.2. The van der Waals surface area contributed by atoms with Gasteiger partial charge in [-0.1, -0.05) is 11.8 Å². The van der Waals surface area contributed by atoms with Crippen LogP contribution in [0.5, 0.6) is 0 Å². The molecule has 0 bridgehead atoms. The summed E-state index contributed by atoms with van der Waals surface area (Å²) in [6.07, 6.45) is 0.549. The highest BCUT2D eigenvalue weighted by atomic mass is 32.2. The monoisotopic (exact) mass is 406 g/mol. The highest BCUT2D eigenvalue weighted by Crippen LogP contribution is 2.36. The molecule has 2 aromatic heterocycles. The quantitative estimate of drug-likeness (QED) is 0.470. The third kappa shape index (κ3) is 3.11. The zero-order valence-electron chi connectivity index (χ0n) is 15.4. The van der Waals surface area contributed by atoms with E-state index in [1.807, 2.05) is 6.26 Å². The molecule has 4 heterocycles. The van der Waals surface area contributed by atoms with Gasteiger partial charge in [-0.15, -0.1) is 0 Å². The molecular formula is C17H22N6O4S. The number of hydrogen-bond donors (Lipinski definition) is 3. The Labute approximate surface area is 165 Å². The van der Waals surface area contributed by atoms with Crippen LogP contribution in [0.15, 0.2) is 5.16 Å². The van der Waals surface area contributed by atoms with E-state index in [-0.39, 0.29) is 5.69 Å². The smallest absolute Gasteiger partial charge is 0.191 e. The fourth-order valence-corrected chi connectivity index (χ4v) is 4.12. The summed E-state index contributed by atoms with van der Waals surface area (Å²) in [6, 6.07) is 2.09. The highest BCUT2D eigenvalue weighted by molar-refractivity contribution is 7.98. The Morgan fingerprint density at radius 2 is 1.96 bits per heavy atom. The number of nitrogens with zero attached hydrogens (tertiary/aromatic N) is 6. The van der Waals surface area contributed by atoms with E-state index in [1.165, 1.54) is 16.4 Å². The van der Waals surface area contributed by atoms with E-state index in [9.17, 15) is 20.6 Å². The van der Waals surface area contributed by atoms with Crippen LogP contribution in [0.4, 0.5) is 5.82 Å². The van der Waals surface area contributed by atoms with Gasteiger partial charge in [-0.2, -0.15) is 10.4 Å². The molecule has 4 rings (SSSR count). The lowest BCUT2D eigenvalue weighted by Gasteiger charge is -2.28. The van der Waals surface area contributed by atoms with Crippen molar-refractivity contribution in [2.75, 3.05) is 30.9 Å². The van der Waals surface area contributed by atoms with Crippen LogP contribution in [0.2, 0.25) is 0 Å². The Morgan fingerprint density at radius 3 is 2.57 bits per heavy atom. The van der Waals surface area contributed by atoms with E-state index in [1.54, 1.807) is 0 Å². The second kappa shape index (κ2) is 7.81. The van der Waals surface area contributed by atoms with Crippen LogP contribution < -0.4 is 4.90 Å². The SMILES string of the molecule is CSc1nc(N2CCCCC2)c2c(C#N)nn([C@@H]3O[C@H](CO)[C@@H](O)[C@H]3O)c2n1. The van der Waals surface area contributed by atoms with Gasteiger partial charge in [0.25, 0.3) is 0 Å². The van der Waals surface area contributed by atoms with Crippen LogP contribution in [0, 0.1) is 11.3 Å². The number of aromatic nitrogens is 4. The molecule has 2 aliphatic heterocycles. The number of hydrogen-bond acceptors (Lipinski definition) is 10. The van der Waals surface area contributed by atoms with Gasteiger partial charge in [-0.05, 0) is 25.5 Å². The summed E-state index contributed by atoms with van der Waals surface area (Å²) < 4.78 is 6.93. The minimum Gasteiger partial charge on any atom is -0.394 e. The van der Waals surface area contributed by atoms with Gasteiger partial charge in [0.15, 0.2) is 22.7 Å². The molecule has 28 heavy (non-hydrogen) atoms. The Hall–Kier alpha value is -1.97. The average Bonchev–Trinajstić information content (AvgIpc) is 3.25. The topological polar surface area (TPSA) is 141 Å². The van der Waals surface area contributed by atoms with Crippen LogP contribution >= 0.6 is 11.8 Å². The molecule has 0 aromatic carbocycles. The molecule has 0 amide bonds. The number of rotatable bonds is 4. The Morgan fingerprint density at radius 1 is 1.21 bits per heavy atom. The first-order valence-corrected chi connectivity index (χ1v) is 10.4. The highest BCUT2D eigenvalue weighted by Gasteiger charge is 2.45. The van der Waals surface area contributed by atoms with E-state index in [2.05, 4.69) is 26.0 Å². The molecular weight excluding hydrogens is 384 g/mol. The average molecular weight is 406 g/mol. The number of thioether (sulfide) groups is 1. The lowest BCUT2D eigenvalue weighted by atomic mass is 10.1. The Bertz CT molecular complexity index is 909. The van der Waals surface area contributed by atoms with Gasteiger partial charge in [-0.3, -0.25) is 0 Å². The number of nitriles is 1. The van der Waals surface area contributed by atoms with Crippen molar-refractivity contribution in [3.05, 3.63) is 5.69 Å². The lowest BCUT2D eigenvalue weighted by molar-refractivity contribution is -0.0567. The maximum absolute atomic E-state index is 10.4. The molecule has 0 saturated carbocycles. The molecule has 0 radical (unpaired) electrons. The molecule has 0 aliphatic carbocycles. The number of piperidine rings is 1. The van der Waals surface area contributed by atoms with Crippen LogP contribution in [0.3, 0.4) is 0 Å². The van der Waals surface area contributed by atoms with Crippen molar-refractivity contribution in [1.82, 2.24) is 19.7 Å². The van der Waals surface area contributed by atoms with Gasteiger partial charge in [-0.25, -0.2) is 14.6 Å². The van der Waals surface area contributed by atoms with Crippen molar-refractivity contribution in [3.8, 4) is 6.07 Å². The van der Waals surface area contributed by atoms with Crippen LogP contribution in [-0.4, -0.2) is 79.3 Å². The van der Waals surface area contributed by atoms with Crippen molar-refractivity contribution >= 4 is 28.6 Å². The summed E-state index contributed by atoms with van der Waals surface area (Å²) in [7, 11) is 0. The second-order valence-corrected chi connectivity index (χ2v) is 7.69. The summed E-state index contributed by atoms with van der Waals surface area (Å²) in [4.78, 5) is 11.3. The third-order valence-electron chi connectivity index (χ3n) is 5.21. The summed E-state index contributed by atoms with van der Waals surface area (Å²) in [5, 5.41) is 44.9. The zero-order chi connectivity index (χ0) is 19.8. The maximum Gasteiger partial charge on any atom is 0.191 e. The summed E-state index contributed by atoms with van der Waals surface area (Å²) in [5.74, 6) is 0.656. The first-order chi connectivity index (χ1) is 13.6. The minimum absolute atomic E-state index is 0.140. The Kier molecular flexibility index (Phi) is 5.39. The molecule has 10 nitrogen and oxygen atoms in total. The first kappa shape index (κ1) is 19.4. The van der Waals surface area contributed by atoms with E-state index in [0.29, 0.717) is 22.0 Å². The van der Waals surface area contributed by atoms with Crippen molar-refractivity contribution in [3.63, 3.8) is 0 Å². The van der Waals surface area contributed by atoms with Gasteiger partial charge in [0.05, 0.1) is 6.61 Å². The summed E-state index contributed by atoms with van der Waals surface area (Å²) in [5.41, 5.74) is 0.507. The predicted molar refractivity (Wildman–Crippen MR) is 101 cm³/mol. The van der Waals surface area contributed by atoms with Crippen molar-refractivity contribution < 1.29 is 20.1 Å². The lowest BCUT2D eigenvalue weighted by Crippen LogP contribution is -2.33. The van der Waals surface area contributed by atoms with Crippen molar-refractivity contribution in [1.29, 1.82) is 5.26 Å². The number of fused-ring (bicyclic) bond motifs is 1. The van der Waals surface area contributed by atoms with E-state index in [4.69, 9.17) is 4.74 Å². The standard InChI is InChI=1S/C17H22N6O4S/c1-28-17-19-14(22-5-3-2-4-6-22)11-9(7-18)21-23(15(11)20-17)16-13(26)12(25)10(8-24)27-16/h10,12-13,16,24-26H,2-6,8H2,1H3/t10-,12-,13-,16-/m1/s1.